The number of pyridine rings is 1. The lowest BCUT2D eigenvalue weighted by Gasteiger charge is -2.00. The van der Waals surface area contributed by atoms with Crippen molar-refractivity contribution >= 4 is 38.1 Å². The molecule has 0 fully saturated rings. The van der Waals surface area contributed by atoms with Gasteiger partial charge in [0.25, 0.3) is 0 Å². The number of anilines is 1. The summed E-state index contributed by atoms with van der Waals surface area (Å²) in [6.07, 6.45) is 1.75. The number of hydrazone groups is 1. The summed E-state index contributed by atoms with van der Waals surface area (Å²) in [7, 11) is 0. The van der Waals surface area contributed by atoms with Crippen molar-refractivity contribution in [3.8, 4) is 11.3 Å². The molecule has 0 aliphatic carbocycles. The Kier molecular flexibility index (Phi) is 4.60. The fraction of sp³-hybridized carbons (Fsp3) is 0.0625. The second-order valence-corrected chi connectivity index (χ2v) is 6.34. The van der Waals surface area contributed by atoms with Gasteiger partial charge in [-0.15, -0.1) is 11.3 Å². The molecule has 4 nitrogen and oxygen atoms in total. The number of thiazole rings is 1. The van der Waals surface area contributed by atoms with Crippen LogP contribution in [0.2, 0.25) is 0 Å². The number of hydrogen-bond donors (Lipinski definition) is 1. The Morgan fingerprint density at radius 3 is 2.73 bits per heavy atom. The Balaban J connectivity index is 1.73. The van der Waals surface area contributed by atoms with Crippen LogP contribution in [-0.2, 0) is 0 Å². The first-order chi connectivity index (χ1) is 10.7. The molecule has 110 valence electrons. The Morgan fingerprint density at radius 1 is 1.18 bits per heavy atom. The first-order valence-corrected chi connectivity index (χ1v) is 8.33. The van der Waals surface area contributed by atoms with Crippen molar-refractivity contribution in [3.63, 3.8) is 0 Å². The molecular weight excluding hydrogens is 360 g/mol. The maximum absolute atomic E-state index is 4.54. The summed E-state index contributed by atoms with van der Waals surface area (Å²) in [5, 5.41) is 7.10. The zero-order chi connectivity index (χ0) is 15.4. The average molecular weight is 373 g/mol. The predicted octanol–water partition coefficient (Wildman–Crippen LogP) is 4.80. The highest BCUT2D eigenvalue weighted by molar-refractivity contribution is 9.10. The van der Waals surface area contributed by atoms with Gasteiger partial charge in [-0.25, -0.2) is 4.98 Å². The van der Waals surface area contributed by atoms with E-state index in [-0.39, 0.29) is 0 Å². The summed E-state index contributed by atoms with van der Waals surface area (Å²) in [6.45, 7) is 1.92. The second-order valence-electron chi connectivity index (χ2n) is 4.57. The van der Waals surface area contributed by atoms with E-state index in [2.05, 4.69) is 36.4 Å². The molecule has 22 heavy (non-hydrogen) atoms. The Labute approximate surface area is 141 Å². The summed E-state index contributed by atoms with van der Waals surface area (Å²) in [4.78, 5) is 8.80. The van der Waals surface area contributed by atoms with E-state index in [1.165, 1.54) is 11.3 Å². The molecule has 1 N–H and O–H groups in total. The first-order valence-electron chi connectivity index (χ1n) is 6.65. The van der Waals surface area contributed by atoms with E-state index in [4.69, 9.17) is 0 Å². The highest BCUT2D eigenvalue weighted by atomic mass is 79.9. The minimum atomic E-state index is 0.758. The van der Waals surface area contributed by atoms with E-state index in [9.17, 15) is 0 Å². The van der Waals surface area contributed by atoms with E-state index in [0.29, 0.717) is 0 Å². The van der Waals surface area contributed by atoms with Gasteiger partial charge in [-0.3, -0.25) is 10.4 Å². The van der Waals surface area contributed by atoms with E-state index in [0.717, 1.165) is 32.3 Å². The monoisotopic (exact) mass is 372 g/mol. The van der Waals surface area contributed by atoms with Crippen LogP contribution in [-0.4, -0.2) is 15.7 Å². The molecule has 1 aromatic carbocycles. The molecule has 6 heteroatoms. The number of benzene rings is 1. The van der Waals surface area contributed by atoms with Crippen LogP contribution in [0.3, 0.4) is 0 Å². The minimum Gasteiger partial charge on any atom is -0.255 e. The highest BCUT2D eigenvalue weighted by Crippen LogP contribution is 2.26. The van der Waals surface area contributed by atoms with Crippen LogP contribution in [0.15, 0.2) is 63.6 Å². The molecule has 0 spiro atoms. The van der Waals surface area contributed by atoms with Crippen LogP contribution in [0.25, 0.3) is 11.3 Å². The molecular formula is C16H13BrN4S. The van der Waals surface area contributed by atoms with Gasteiger partial charge in [-0.1, -0.05) is 34.1 Å². The van der Waals surface area contributed by atoms with Crippen molar-refractivity contribution in [1.82, 2.24) is 9.97 Å². The second kappa shape index (κ2) is 6.81. The molecule has 0 aliphatic rings. The summed E-state index contributed by atoms with van der Waals surface area (Å²) >= 11 is 4.96. The van der Waals surface area contributed by atoms with Gasteiger partial charge in [0.05, 0.1) is 17.1 Å². The zero-order valence-corrected chi connectivity index (χ0v) is 14.2. The lowest BCUT2D eigenvalue weighted by molar-refractivity contribution is 1.23. The Bertz CT molecular complexity index is 781. The molecule has 0 atom stereocenters. The first kappa shape index (κ1) is 14.9. The van der Waals surface area contributed by atoms with Crippen molar-refractivity contribution in [3.05, 3.63) is 64.2 Å². The molecule has 0 aliphatic heterocycles. The van der Waals surface area contributed by atoms with Crippen molar-refractivity contribution < 1.29 is 0 Å². The van der Waals surface area contributed by atoms with Crippen molar-refractivity contribution in [2.75, 3.05) is 5.43 Å². The van der Waals surface area contributed by atoms with E-state index in [1.54, 1.807) is 6.20 Å². The molecule has 0 amide bonds. The number of rotatable bonds is 4. The van der Waals surface area contributed by atoms with Gasteiger partial charge in [0.15, 0.2) is 0 Å². The minimum absolute atomic E-state index is 0.758. The van der Waals surface area contributed by atoms with Crippen LogP contribution in [0.1, 0.15) is 12.6 Å². The molecule has 0 radical (unpaired) electrons. The third kappa shape index (κ3) is 3.58. The van der Waals surface area contributed by atoms with Crippen molar-refractivity contribution in [1.29, 1.82) is 0 Å². The van der Waals surface area contributed by atoms with Gasteiger partial charge in [-0.05, 0) is 31.2 Å². The van der Waals surface area contributed by atoms with E-state index >= 15 is 0 Å². The molecule has 0 saturated carbocycles. The molecule has 3 rings (SSSR count). The van der Waals surface area contributed by atoms with Gasteiger partial charge in [-0.2, -0.15) is 5.10 Å². The third-order valence-electron chi connectivity index (χ3n) is 3.00. The van der Waals surface area contributed by atoms with Crippen LogP contribution in [0.4, 0.5) is 5.13 Å². The van der Waals surface area contributed by atoms with Crippen LogP contribution >= 0.6 is 27.3 Å². The average Bonchev–Trinajstić information content (AvgIpc) is 3.03. The van der Waals surface area contributed by atoms with Gasteiger partial charge < -0.3 is 0 Å². The molecule has 2 aromatic heterocycles. The summed E-state index contributed by atoms with van der Waals surface area (Å²) in [5.41, 5.74) is 6.68. The van der Waals surface area contributed by atoms with Crippen molar-refractivity contribution in [2.24, 2.45) is 5.10 Å². The lowest BCUT2D eigenvalue weighted by Crippen LogP contribution is -2.01. The van der Waals surface area contributed by atoms with E-state index in [1.807, 2.05) is 54.8 Å². The Morgan fingerprint density at radius 2 is 2.00 bits per heavy atom. The summed E-state index contributed by atoms with van der Waals surface area (Å²) < 4.78 is 1.06. The van der Waals surface area contributed by atoms with Crippen LogP contribution < -0.4 is 5.43 Å². The molecule has 0 saturated heterocycles. The fourth-order valence-electron chi connectivity index (χ4n) is 1.84. The normalized spacial score (nSPS) is 11.5. The largest absolute Gasteiger partial charge is 0.255 e. The molecule has 2 heterocycles. The maximum atomic E-state index is 4.54. The van der Waals surface area contributed by atoms with Crippen LogP contribution in [0, 0.1) is 0 Å². The predicted molar refractivity (Wildman–Crippen MR) is 95.3 cm³/mol. The maximum Gasteiger partial charge on any atom is 0.203 e. The number of aromatic nitrogens is 2. The number of nitrogens with zero attached hydrogens (tertiary/aromatic N) is 3. The van der Waals surface area contributed by atoms with E-state index < -0.39 is 0 Å². The molecule has 3 aromatic rings. The highest BCUT2D eigenvalue weighted by Gasteiger charge is 2.04. The number of halogens is 1. The summed E-state index contributed by atoms with van der Waals surface area (Å²) in [6, 6.07) is 13.8. The third-order valence-corrected chi connectivity index (χ3v) is 4.27. The fourth-order valence-corrected chi connectivity index (χ4v) is 2.77. The smallest absolute Gasteiger partial charge is 0.203 e. The van der Waals surface area contributed by atoms with Crippen molar-refractivity contribution in [2.45, 2.75) is 6.92 Å². The SMILES string of the molecule is C/C(=N\Nc1nc(-c2ccc(Br)cc2)cs1)c1ccccn1. The lowest BCUT2D eigenvalue weighted by atomic mass is 10.2. The standard InChI is InChI=1S/C16H13BrN4S/c1-11(14-4-2-3-9-18-14)20-21-16-19-15(10-22-16)12-5-7-13(17)8-6-12/h2-10H,1H3,(H,19,21)/b20-11+. The topological polar surface area (TPSA) is 50.2 Å². The number of nitrogens with one attached hydrogen (secondary N) is 1. The number of hydrogen-bond acceptors (Lipinski definition) is 5. The van der Waals surface area contributed by atoms with Gasteiger partial charge >= 0.3 is 0 Å². The van der Waals surface area contributed by atoms with Crippen LogP contribution in [0.5, 0.6) is 0 Å². The van der Waals surface area contributed by atoms with Gasteiger partial charge in [0.1, 0.15) is 0 Å². The zero-order valence-electron chi connectivity index (χ0n) is 11.8. The van der Waals surface area contributed by atoms with Gasteiger partial charge in [0, 0.05) is 21.6 Å². The molecule has 0 bridgehead atoms. The molecule has 0 unspecified atom stereocenters. The summed E-state index contributed by atoms with van der Waals surface area (Å²) in [5.74, 6) is 0. The Hall–Kier alpha value is -2.05. The quantitative estimate of drug-likeness (QED) is 0.528. The van der Waals surface area contributed by atoms with Gasteiger partial charge in [0.2, 0.25) is 5.13 Å².